The fourth-order valence-corrected chi connectivity index (χ4v) is 5.38. The third-order valence-corrected chi connectivity index (χ3v) is 7.07. The summed E-state index contributed by atoms with van der Waals surface area (Å²) in [5.41, 5.74) is 2.33. The van der Waals surface area contributed by atoms with Gasteiger partial charge in [0.25, 0.3) is 0 Å². The molecule has 1 aliphatic rings. The molecule has 0 aromatic heterocycles. The summed E-state index contributed by atoms with van der Waals surface area (Å²) in [7, 11) is 8.40. The van der Waals surface area contributed by atoms with Gasteiger partial charge in [0.2, 0.25) is 5.75 Å². The van der Waals surface area contributed by atoms with Crippen molar-refractivity contribution in [1.82, 2.24) is 0 Å². The Hall–Kier alpha value is -2.25. The van der Waals surface area contributed by atoms with Gasteiger partial charge in [-0.1, -0.05) is 6.92 Å². The highest BCUT2D eigenvalue weighted by Crippen LogP contribution is 2.50. The van der Waals surface area contributed by atoms with E-state index < -0.39 is 0 Å². The van der Waals surface area contributed by atoms with E-state index in [1.807, 2.05) is 12.1 Å². The number of hydrogen-bond acceptors (Lipinski definition) is 7. The highest BCUT2D eigenvalue weighted by Gasteiger charge is 2.39. The number of thioether (sulfide) groups is 1. The van der Waals surface area contributed by atoms with Gasteiger partial charge in [-0.25, -0.2) is 0 Å². The van der Waals surface area contributed by atoms with Crippen molar-refractivity contribution in [3.8, 4) is 28.7 Å². The maximum Gasteiger partial charge on any atom is 0.203 e. The van der Waals surface area contributed by atoms with E-state index in [1.165, 1.54) is 5.56 Å². The van der Waals surface area contributed by atoms with Crippen molar-refractivity contribution >= 4 is 11.8 Å². The molecular formula is C26H36O6S. The van der Waals surface area contributed by atoms with Crippen molar-refractivity contribution in [2.45, 2.75) is 49.0 Å². The van der Waals surface area contributed by atoms with Crippen LogP contribution >= 0.6 is 11.8 Å². The Morgan fingerprint density at radius 1 is 0.758 bits per heavy atom. The van der Waals surface area contributed by atoms with Crippen LogP contribution in [0.15, 0.2) is 29.2 Å². The zero-order valence-corrected chi connectivity index (χ0v) is 21.5. The van der Waals surface area contributed by atoms with Crippen LogP contribution in [0.25, 0.3) is 0 Å². The Balaban J connectivity index is 1.98. The molecule has 3 rings (SSSR count). The van der Waals surface area contributed by atoms with Gasteiger partial charge in [0, 0.05) is 18.9 Å². The molecule has 0 saturated heterocycles. The van der Waals surface area contributed by atoms with E-state index in [0.717, 1.165) is 41.2 Å². The predicted octanol–water partition coefficient (Wildman–Crippen LogP) is 5.91. The Bertz CT molecular complexity index is 881. The van der Waals surface area contributed by atoms with Gasteiger partial charge < -0.3 is 28.4 Å². The summed E-state index contributed by atoms with van der Waals surface area (Å²) in [6.45, 7) is 2.77. The summed E-state index contributed by atoms with van der Waals surface area (Å²) < 4.78 is 34.5. The van der Waals surface area contributed by atoms with Gasteiger partial charge in [-0.15, -0.1) is 11.8 Å². The lowest BCUT2D eigenvalue weighted by atomic mass is 9.89. The highest BCUT2D eigenvalue weighted by atomic mass is 32.2. The third kappa shape index (κ3) is 5.14. The predicted molar refractivity (Wildman–Crippen MR) is 132 cm³/mol. The molecule has 0 bridgehead atoms. The molecule has 0 heterocycles. The lowest BCUT2D eigenvalue weighted by molar-refractivity contribution is 0.0804. The quantitative estimate of drug-likeness (QED) is 0.374. The number of methoxy groups -OCH3 is 5. The van der Waals surface area contributed by atoms with Crippen LogP contribution < -0.4 is 23.7 Å². The molecule has 6 nitrogen and oxygen atoms in total. The summed E-state index contributed by atoms with van der Waals surface area (Å²) in [6, 6.07) is 8.41. The maximum atomic E-state index is 6.10. The monoisotopic (exact) mass is 476 g/mol. The van der Waals surface area contributed by atoms with E-state index in [4.69, 9.17) is 28.4 Å². The molecular weight excluding hydrogens is 440 g/mol. The number of hydrogen-bond donors (Lipinski definition) is 0. The lowest BCUT2D eigenvalue weighted by Gasteiger charge is -2.26. The SMILES string of the molecule is CCCOc1c(OC)cc([C@H]2CC[C@H](c3cc(OC)c(OC)c(OC)c3)C2OC)cc1SC. The van der Waals surface area contributed by atoms with E-state index in [-0.39, 0.29) is 17.9 Å². The van der Waals surface area contributed by atoms with E-state index in [9.17, 15) is 0 Å². The average Bonchev–Trinajstić information content (AvgIpc) is 3.30. The second-order valence-corrected chi connectivity index (χ2v) is 8.90. The zero-order valence-electron chi connectivity index (χ0n) is 20.7. The van der Waals surface area contributed by atoms with Crippen molar-refractivity contribution in [3.63, 3.8) is 0 Å². The first-order valence-electron chi connectivity index (χ1n) is 11.3. The van der Waals surface area contributed by atoms with E-state index in [2.05, 4.69) is 25.3 Å². The standard InChI is InChI=1S/C26H36O6S/c1-8-11-32-26-22(29-4)14-17(15-23(26)33-7)19-10-9-18(24(19)30-5)16-12-20(27-2)25(31-6)21(13-16)28-3/h12-15,18-19,24H,8-11H2,1-7H3/t18-,19-,24?/m1/s1. The topological polar surface area (TPSA) is 55.4 Å². The maximum absolute atomic E-state index is 6.10. The van der Waals surface area contributed by atoms with Crippen LogP contribution in [0.3, 0.4) is 0 Å². The molecule has 0 radical (unpaired) electrons. The molecule has 3 atom stereocenters. The van der Waals surface area contributed by atoms with Gasteiger partial charge >= 0.3 is 0 Å². The van der Waals surface area contributed by atoms with Crippen LogP contribution in [-0.4, -0.2) is 54.5 Å². The van der Waals surface area contributed by atoms with Crippen molar-refractivity contribution in [3.05, 3.63) is 35.4 Å². The fraction of sp³-hybridized carbons (Fsp3) is 0.538. The minimum Gasteiger partial charge on any atom is -0.493 e. The molecule has 182 valence electrons. The summed E-state index contributed by atoms with van der Waals surface area (Å²) in [5, 5.41) is 0. The number of ether oxygens (including phenoxy) is 6. The van der Waals surface area contributed by atoms with Crippen molar-refractivity contribution in [1.29, 1.82) is 0 Å². The number of benzene rings is 2. The Kier molecular flexibility index (Phi) is 9.03. The fourth-order valence-electron chi connectivity index (χ4n) is 4.79. The summed E-state index contributed by atoms with van der Waals surface area (Å²) >= 11 is 1.68. The van der Waals surface area contributed by atoms with Crippen molar-refractivity contribution in [2.75, 3.05) is 48.4 Å². The largest absolute Gasteiger partial charge is 0.493 e. The molecule has 0 amide bonds. The van der Waals surface area contributed by atoms with Crippen LogP contribution in [0.1, 0.15) is 49.1 Å². The highest BCUT2D eigenvalue weighted by molar-refractivity contribution is 7.98. The van der Waals surface area contributed by atoms with Crippen molar-refractivity contribution in [2.24, 2.45) is 0 Å². The molecule has 33 heavy (non-hydrogen) atoms. The normalized spacial score (nSPS) is 19.9. The first-order valence-corrected chi connectivity index (χ1v) is 12.5. The molecule has 0 N–H and O–H groups in total. The van der Waals surface area contributed by atoms with E-state index >= 15 is 0 Å². The summed E-state index contributed by atoms with van der Waals surface area (Å²) in [5.74, 6) is 3.96. The molecule has 0 aliphatic heterocycles. The van der Waals surface area contributed by atoms with Gasteiger partial charge in [0.15, 0.2) is 23.0 Å². The average molecular weight is 477 g/mol. The number of rotatable bonds is 11. The molecule has 2 aromatic rings. The minimum absolute atomic E-state index is 0.00892. The summed E-state index contributed by atoms with van der Waals surface area (Å²) in [4.78, 5) is 1.09. The minimum atomic E-state index is 0.00892. The third-order valence-electron chi connectivity index (χ3n) is 6.33. The molecule has 0 spiro atoms. The molecule has 2 aromatic carbocycles. The van der Waals surface area contributed by atoms with Gasteiger partial charge in [-0.2, -0.15) is 0 Å². The second-order valence-electron chi connectivity index (χ2n) is 8.05. The van der Waals surface area contributed by atoms with Gasteiger partial charge in [-0.3, -0.25) is 0 Å². The zero-order chi connectivity index (χ0) is 24.0. The summed E-state index contributed by atoms with van der Waals surface area (Å²) in [6.07, 6.45) is 5.02. The van der Waals surface area contributed by atoms with Crippen LogP contribution in [0.5, 0.6) is 28.7 Å². The van der Waals surface area contributed by atoms with E-state index in [0.29, 0.717) is 23.9 Å². The van der Waals surface area contributed by atoms with Gasteiger partial charge in [-0.05, 0) is 60.9 Å². The second kappa shape index (κ2) is 11.7. The first-order chi connectivity index (χ1) is 16.1. The Morgan fingerprint density at radius 2 is 1.27 bits per heavy atom. The van der Waals surface area contributed by atoms with Crippen LogP contribution in [0.4, 0.5) is 0 Å². The molecule has 1 aliphatic carbocycles. The molecule has 1 unspecified atom stereocenters. The van der Waals surface area contributed by atoms with Gasteiger partial charge in [0.1, 0.15) is 0 Å². The van der Waals surface area contributed by atoms with E-state index in [1.54, 1.807) is 47.3 Å². The smallest absolute Gasteiger partial charge is 0.203 e. The first kappa shape index (κ1) is 25.4. The lowest BCUT2D eigenvalue weighted by Crippen LogP contribution is -2.21. The molecule has 7 heteroatoms. The van der Waals surface area contributed by atoms with Gasteiger partial charge in [0.05, 0.1) is 46.0 Å². The van der Waals surface area contributed by atoms with Crippen LogP contribution in [0, 0.1) is 0 Å². The van der Waals surface area contributed by atoms with Crippen LogP contribution in [0.2, 0.25) is 0 Å². The van der Waals surface area contributed by atoms with Crippen LogP contribution in [-0.2, 0) is 4.74 Å². The Morgan fingerprint density at radius 3 is 1.70 bits per heavy atom. The van der Waals surface area contributed by atoms with Crippen molar-refractivity contribution < 1.29 is 28.4 Å². The Labute approximate surface area is 201 Å². The molecule has 1 saturated carbocycles. The molecule has 1 fully saturated rings.